The molecule has 1 N–H and O–H groups in total. The minimum absolute atomic E-state index is 0.223. The molecule has 0 spiro atoms. The number of halogens is 1. The maximum absolute atomic E-state index is 13.0. The summed E-state index contributed by atoms with van der Waals surface area (Å²) in [5.74, 6) is -0.769. The Hall–Kier alpha value is -1.09. The minimum Gasteiger partial charge on any atom is -0.505 e. The van der Waals surface area contributed by atoms with Crippen molar-refractivity contribution in [1.82, 2.24) is 4.90 Å². The van der Waals surface area contributed by atoms with Crippen LogP contribution in [0.15, 0.2) is 18.2 Å². The molecule has 14 heavy (non-hydrogen) atoms. The Morgan fingerprint density at radius 3 is 2.50 bits per heavy atom. The third-order valence-corrected chi connectivity index (χ3v) is 2.36. The molecular formula is C11H16FNO. The van der Waals surface area contributed by atoms with Gasteiger partial charge in [0, 0.05) is 12.1 Å². The molecule has 0 atom stereocenters. The van der Waals surface area contributed by atoms with E-state index < -0.39 is 5.82 Å². The van der Waals surface area contributed by atoms with Crippen LogP contribution in [0, 0.1) is 5.82 Å². The third kappa shape index (κ3) is 2.45. The summed E-state index contributed by atoms with van der Waals surface area (Å²) in [7, 11) is 0. The number of para-hydroxylation sites is 1. The van der Waals surface area contributed by atoms with Gasteiger partial charge < -0.3 is 5.11 Å². The zero-order chi connectivity index (χ0) is 10.6. The summed E-state index contributed by atoms with van der Waals surface area (Å²) in [5, 5.41) is 9.44. The fourth-order valence-corrected chi connectivity index (χ4v) is 1.38. The molecule has 1 aromatic rings. The summed E-state index contributed by atoms with van der Waals surface area (Å²) in [6.45, 7) is 6.47. The van der Waals surface area contributed by atoms with E-state index in [1.165, 1.54) is 6.07 Å². The van der Waals surface area contributed by atoms with Gasteiger partial charge in [-0.25, -0.2) is 4.39 Å². The van der Waals surface area contributed by atoms with Gasteiger partial charge in [0.1, 0.15) is 0 Å². The number of phenolic OH excluding ortho intramolecular Hbond substituents is 1. The molecule has 0 radical (unpaired) electrons. The molecule has 2 nitrogen and oxygen atoms in total. The molecule has 0 saturated carbocycles. The summed E-state index contributed by atoms with van der Waals surface area (Å²) in [6, 6.07) is 4.63. The summed E-state index contributed by atoms with van der Waals surface area (Å²) < 4.78 is 13.0. The second-order valence-electron chi connectivity index (χ2n) is 3.21. The first-order valence-corrected chi connectivity index (χ1v) is 4.87. The Morgan fingerprint density at radius 2 is 1.93 bits per heavy atom. The average molecular weight is 197 g/mol. The molecule has 78 valence electrons. The van der Waals surface area contributed by atoms with Crippen LogP contribution in [0.4, 0.5) is 4.39 Å². The lowest BCUT2D eigenvalue weighted by molar-refractivity contribution is 0.289. The first-order chi connectivity index (χ1) is 6.69. The number of hydrogen-bond donors (Lipinski definition) is 1. The highest BCUT2D eigenvalue weighted by atomic mass is 19.1. The van der Waals surface area contributed by atoms with Crippen LogP contribution in [0.5, 0.6) is 5.75 Å². The first kappa shape index (κ1) is 11.0. The molecule has 0 amide bonds. The van der Waals surface area contributed by atoms with E-state index in [0.29, 0.717) is 12.1 Å². The van der Waals surface area contributed by atoms with E-state index in [1.54, 1.807) is 12.1 Å². The van der Waals surface area contributed by atoms with Gasteiger partial charge >= 0.3 is 0 Å². The number of rotatable bonds is 4. The zero-order valence-electron chi connectivity index (χ0n) is 8.63. The zero-order valence-corrected chi connectivity index (χ0v) is 8.63. The van der Waals surface area contributed by atoms with Crippen molar-refractivity contribution in [3.05, 3.63) is 29.6 Å². The van der Waals surface area contributed by atoms with Crippen molar-refractivity contribution in [2.45, 2.75) is 20.4 Å². The van der Waals surface area contributed by atoms with Crippen LogP contribution < -0.4 is 0 Å². The fourth-order valence-electron chi connectivity index (χ4n) is 1.38. The van der Waals surface area contributed by atoms with Crippen LogP contribution in [-0.2, 0) is 6.54 Å². The number of aromatic hydroxyl groups is 1. The highest BCUT2D eigenvalue weighted by Gasteiger charge is 2.08. The van der Waals surface area contributed by atoms with Crippen LogP contribution in [0.25, 0.3) is 0 Å². The van der Waals surface area contributed by atoms with Crippen LogP contribution >= 0.6 is 0 Å². The Balaban J connectivity index is 2.80. The Morgan fingerprint density at radius 1 is 1.29 bits per heavy atom. The number of benzene rings is 1. The van der Waals surface area contributed by atoms with Crippen molar-refractivity contribution < 1.29 is 9.50 Å². The predicted molar refractivity (Wildman–Crippen MR) is 54.7 cm³/mol. The molecule has 0 aliphatic rings. The largest absolute Gasteiger partial charge is 0.505 e. The monoisotopic (exact) mass is 197 g/mol. The van der Waals surface area contributed by atoms with Gasteiger partial charge in [0.15, 0.2) is 11.6 Å². The first-order valence-electron chi connectivity index (χ1n) is 4.87. The molecule has 1 aromatic carbocycles. The Labute approximate surface area is 84.0 Å². The molecule has 0 unspecified atom stereocenters. The van der Waals surface area contributed by atoms with E-state index in [-0.39, 0.29) is 5.75 Å². The highest BCUT2D eigenvalue weighted by molar-refractivity contribution is 5.33. The second-order valence-corrected chi connectivity index (χ2v) is 3.21. The molecule has 0 heterocycles. The highest BCUT2D eigenvalue weighted by Crippen LogP contribution is 2.21. The van der Waals surface area contributed by atoms with Gasteiger partial charge in [0.2, 0.25) is 0 Å². The summed E-state index contributed by atoms with van der Waals surface area (Å²) in [4.78, 5) is 2.12. The standard InChI is InChI=1S/C11H16FNO/c1-3-13(4-2)8-9-6-5-7-10(12)11(9)14/h5-7,14H,3-4,8H2,1-2H3. The molecular weight excluding hydrogens is 181 g/mol. The molecule has 0 aliphatic carbocycles. The van der Waals surface area contributed by atoms with Crippen molar-refractivity contribution in [1.29, 1.82) is 0 Å². The lowest BCUT2D eigenvalue weighted by Gasteiger charge is -2.18. The van der Waals surface area contributed by atoms with Crippen molar-refractivity contribution >= 4 is 0 Å². The van der Waals surface area contributed by atoms with E-state index in [9.17, 15) is 9.50 Å². The van der Waals surface area contributed by atoms with E-state index in [4.69, 9.17) is 0 Å². The van der Waals surface area contributed by atoms with Gasteiger partial charge in [-0.15, -0.1) is 0 Å². The lowest BCUT2D eigenvalue weighted by atomic mass is 10.2. The van der Waals surface area contributed by atoms with Gasteiger partial charge in [0.25, 0.3) is 0 Å². The van der Waals surface area contributed by atoms with Crippen molar-refractivity contribution in [2.24, 2.45) is 0 Å². The maximum atomic E-state index is 13.0. The van der Waals surface area contributed by atoms with Crippen LogP contribution in [0.1, 0.15) is 19.4 Å². The molecule has 3 heteroatoms. The smallest absolute Gasteiger partial charge is 0.165 e. The average Bonchev–Trinajstić information content (AvgIpc) is 2.20. The third-order valence-electron chi connectivity index (χ3n) is 2.36. The van der Waals surface area contributed by atoms with Crippen LogP contribution in [0.3, 0.4) is 0 Å². The normalized spacial score (nSPS) is 10.9. The quantitative estimate of drug-likeness (QED) is 0.801. The summed E-state index contributed by atoms with van der Waals surface area (Å²) in [6.07, 6.45) is 0. The van der Waals surface area contributed by atoms with Gasteiger partial charge in [-0.3, -0.25) is 4.90 Å². The van der Waals surface area contributed by atoms with Gasteiger partial charge in [-0.05, 0) is 19.2 Å². The minimum atomic E-state index is -0.547. The van der Waals surface area contributed by atoms with E-state index >= 15 is 0 Å². The van der Waals surface area contributed by atoms with Gasteiger partial charge in [-0.1, -0.05) is 26.0 Å². The molecule has 0 aliphatic heterocycles. The number of phenols is 1. The van der Waals surface area contributed by atoms with Crippen molar-refractivity contribution in [3.8, 4) is 5.75 Å². The summed E-state index contributed by atoms with van der Waals surface area (Å²) >= 11 is 0. The topological polar surface area (TPSA) is 23.5 Å². The summed E-state index contributed by atoms with van der Waals surface area (Å²) in [5.41, 5.74) is 0.647. The Bertz CT molecular complexity index is 297. The molecule has 0 fully saturated rings. The number of nitrogens with zero attached hydrogens (tertiary/aromatic N) is 1. The second kappa shape index (κ2) is 4.96. The molecule has 1 rings (SSSR count). The van der Waals surface area contributed by atoms with E-state index in [2.05, 4.69) is 4.90 Å². The number of hydrogen-bond acceptors (Lipinski definition) is 2. The Kier molecular flexibility index (Phi) is 3.89. The van der Waals surface area contributed by atoms with Crippen LogP contribution in [-0.4, -0.2) is 23.1 Å². The van der Waals surface area contributed by atoms with Crippen molar-refractivity contribution in [2.75, 3.05) is 13.1 Å². The molecule has 0 saturated heterocycles. The molecule has 0 bridgehead atoms. The van der Waals surface area contributed by atoms with E-state index in [1.807, 2.05) is 13.8 Å². The van der Waals surface area contributed by atoms with Crippen LogP contribution in [0.2, 0.25) is 0 Å². The predicted octanol–water partition coefficient (Wildman–Crippen LogP) is 2.37. The SMILES string of the molecule is CCN(CC)Cc1cccc(F)c1O. The van der Waals surface area contributed by atoms with Gasteiger partial charge in [0.05, 0.1) is 0 Å². The fraction of sp³-hybridized carbons (Fsp3) is 0.455. The van der Waals surface area contributed by atoms with Gasteiger partial charge in [-0.2, -0.15) is 0 Å². The van der Waals surface area contributed by atoms with Crippen molar-refractivity contribution in [3.63, 3.8) is 0 Å². The van der Waals surface area contributed by atoms with E-state index in [0.717, 1.165) is 13.1 Å². The molecule has 0 aromatic heterocycles. The maximum Gasteiger partial charge on any atom is 0.165 e. The lowest BCUT2D eigenvalue weighted by Crippen LogP contribution is -2.22.